The third-order valence-electron chi connectivity index (χ3n) is 5.27. The summed E-state index contributed by atoms with van der Waals surface area (Å²) in [5, 5.41) is 33.2. The fourth-order valence-corrected chi connectivity index (χ4v) is 3.08. The van der Waals surface area contributed by atoms with Gasteiger partial charge in [-0.2, -0.15) is 0 Å². The van der Waals surface area contributed by atoms with Crippen molar-refractivity contribution in [1.82, 2.24) is 0 Å². The maximum absolute atomic E-state index is 10.1. The van der Waals surface area contributed by atoms with Gasteiger partial charge in [0.25, 0.3) is 0 Å². The van der Waals surface area contributed by atoms with Crippen LogP contribution in [0.25, 0.3) is 0 Å². The standard InChI is InChI=1S/4C8H16O2.Zr/c4*1-8(2,3)6-4-5-7(9)10;/h4*4-6H2,1-3H3,(H,9,10);. The van der Waals surface area contributed by atoms with Gasteiger partial charge in [0.05, 0.1) is 0 Å². The molecule has 0 saturated heterocycles. The molecule has 41 heavy (non-hydrogen) atoms. The fraction of sp³-hybridized carbons (Fsp3) is 0.875. The molecule has 0 rings (SSSR count). The Morgan fingerprint density at radius 1 is 0.366 bits per heavy atom. The first-order valence-corrected chi connectivity index (χ1v) is 14.5. The van der Waals surface area contributed by atoms with E-state index < -0.39 is 23.9 Å². The van der Waals surface area contributed by atoms with E-state index in [9.17, 15) is 19.2 Å². The summed E-state index contributed by atoms with van der Waals surface area (Å²) in [5.74, 6) is -2.76. The zero-order valence-electron chi connectivity index (χ0n) is 28.4. The van der Waals surface area contributed by atoms with Crippen molar-refractivity contribution in [1.29, 1.82) is 0 Å². The minimum atomic E-state index is -0.691. The number of rotatable bonds is 12. The van der Waals surface area contributed by atoms with Gasteiger partial charge in [-0.25, -0.2) is 0 Å². The van der Waals surface area contributed by atoms with Gasteiger partial charge in [-0.15, -0.1) is 0 Å². The van der Waals surface area contributed by atoms with Gasteiger partial charge in [0.15, 0.2) is 0 Å². The van der Waals surface area contributed by atoms with Gasteiger partial charge in [-0.1, -0.05) is 83.1 Å². The first-order chi connectivity index (χ1) is 17.7. The molecule has 0 aromatic carbocycles. The summed E-state index contributed by atoms with van der Waals surface area (Å²) in [7, 11) is 0. The second kappa shape index (κ2) is 25.3. The maximum atomic E-state index is 10.1. The van der Waals surface area contributed by atoms with Crippen LogP contribution in [0.15, 0.2) is 0 Å². The minimum absolute atomic E-state index is 0. The van der Waals surface area contributed by atoms with E-state index >= 15 is 0 Å². The van der Waals surface area contributed by atoms with E-state index in [2.05, 4.69) is 83.1 Å². The minimum Gasteiger partial charge on any atom is -0.481 e. The van der Waals surface area contributed by atoms with E-state index in [4.69, 9.17) is 20.4 Å². The molecule has 0 radical (unpaired) electrons. The smallest absolute Gasteiger partial charge is 0.303 e. The van der Waals surface area contributed by atoms with Crippen LogP contribution in [0.5, 0.6) is 0 Å². The Bertz CT molecular complexity index is 570. The zero-order chi connectivity index (χ0) is 32.8. The number of carboxylic acids is 4. The molecule has 0 spiro atoms. The predicted octanol–water partition coefficient (Wildman–Crippen LogP) is 9.15. The Kier molecular flexibility index (Phi) is 30.5. The van der Waals surface area contributed by atoms with Crippen molar-refractivity contribution in [3.05, 3.63) is 0 Å². The van der Waals surface area contributed by atoms with Crippen LogP contribution < -0.4 is 0 Å². The monoisotopic (exact) mass is 666 g/mol. The molecule has 0 unspecified atom stereocenters. The number of hydrogen-bond acceptors (Lipinski definition) is 4. The SMILES string of the molecule is CC(C)(C)CCCC(=O)O.CC(C)(C)CCCC(=O)O.CC(C)(C)CCCC(=O)O.CC(C)(C)CCCC(=O)O.[Zr]. The Balaban J connectivity index is -0.000000139. The van der Waals surface area contributed by atoms with Crippen LogP contribution in [0.2, 0.25) is 0 Å². The van der Waals surface area contributed by atoms with E-state index in [0.29, 0.717) is 25.7 Å². The van der Waals surface area contributed by atoms with Crippen molar-refractivity contribution in [3.63, 3.8) is 0 Å². The van der Waals surface area contributed by atoms with E-state index in [1.165, 1.54) is 0 Å². The second-order valence-corrected chi connectivity index (χ2v) is 15.2. The van der Waals surface area contributed by atoms with Gasteiger partial charge in [0.2, 0.25) is 0 Å². The molecule has 0 amide bonds. The molecule has 244 valence electrons. The molecule has 0 aromatic rings. The van der Waals surface area contributed by atoms with Crippen LogP contribution in [0.3, 0.4) is 0 Å². The fourth-order valence-electron chi connectivity index (χ4n) is 3.08. The van der Waals surface area contributed by atoms with Crippen LogP contribution in [-0.2, 0) is 45.4 Å². The van der Waals surface area contributed by atoms with E-state index in [-0.39, 0.29) is 47.9 Å². The molecule has 9 heteroatoms. The average molecular weight is 668 g/mol. The van der Waals surface area contributed by atoms with Gasteiger partial charge < -0.3 is 20.4 Å². The van der Waals surface area contributed by atoms with E-state index in [1.807, 2.05) is 0 Å². The van der Waals surface area contributed by atoms with Crippen LogP contribution in [0.1, 0.15) is 160 Å². The van der Waals surface area contributed by atoms with Crippen molar-refractivity contribution in [2.24, 2.45) is 21.7 Å². The van der Waals surface area contributed by atoms with E-state index in [1.54, 1.807) is 0 Å². The third-order valence-corrected chi connectivity index (χ3v) is 5.27. The van der Waals surface area contributed by atoms with Gasteiger partial charge in [-0.05, 0) is 73.0 Å². The summed E-state index contributed by atoms with van der Waals surface area (Å²) in [6.07, 6.45) is 8.32. The summed E-state index contributed by atoms with van der Waals surface area (Å²) in [5.41, 5.74) is 1.09. The normalized spacial score (nSPS) is 11.2. The van der Waals surface area contributed by atoms with Crippen LogP contribution in [0, 0.1) is 21.7 Å². The van der Waals surface area contributed by atoms with Crippen molar-refractivity contribution < 1.29 is 65.8 Å². The topological polar surface area (TPSA) is 149 Å². The molecule has 4 N–H and O–H groups in total. The van der Waals surface area contributed by atoms with Crippen LogP contribution in [-0.4, -0.2) is 44.3 Å². The molecular weight excluding hydrogens is 604 g/mol. The predicted molar refractivity (Wildman–Crippen MR) is 164 cm³/mol. The maximum Gasteiger partial charge on any atom is 0.303 e. The molecule has 8 nitrogen and oxygen atoms in total. The van der Waals surface area contributed by atoms with E-state index in [0.717, 1.165) is 51.4 Å². The van der Waals surface area contributed by atoms with Gasteiger partial charge in [0.1, 0.15) is 0 Å². The Labute approximate surface area is 270 Å². The molecule has 0 aliphatic rings. The first kappa shape index (κ1) is 49.4. The molecule has 0 bridgehead atoms. The van der Waals surface area contributed by atoms with Gasteiger partial charge in [0, 0.05) is 51.9 Å². The van der Waals surface area contributed by atoms with Gasteiger partial charge in [-0.3, -0.25) is 19.2 Å². The number of carbonyl (C=O) groups is 4. The summed E-state index contributed by atoms with van der Waals surface area (Å²) in [6, 6.07) is 0. The van der Waals surface area contributed by atoms with Crippen molar-refractivity contribution in [3.8, 4) is 0 Å². The first-order valence-electron chi connectivity index (χ1n) is 14.5. The average Bonchev–Trinajstić information content (AvgIpc) is 2.64. The summed E-state index contributed by atoms with van der Waals surface area (Å²) in [4.78, 5) is 40.3. The van der Waals surface area contributed by atoms with Crippen LogP contribution in [0.4, 0.5) is 0 Å². The Morgan fingerprint density at radius 2 is 0.488 bits per heavy atom. The number of hydrogen-bond donors (Lipinski definition) is 4. The molecular formula is C32H64O8Zr. The summed E-state index contributed by atoms with van der Waals surface area (Å²) in [6.45, 7) is 25.4. The van der Waals surface area contributed by atoms with Crippen molar-refractivity contribution >= 4 is 23.9 Å². The molecule has 0 fully saturated rings. The molecule has 0 aliphatic carbocycles. The van der Waals surface area contributed by atoms with Crippen molar-refractivity contribution in [2.75, 3.05) is 0 Å². The second-order valence-electron chi connectivity index (χ2n) is 15.2. The number of carboxylic acid groups (broad SMARTS) is 4. The Hall–Kier alpha value is -1.24. The summed E-state index contributed by atoms with van der Waals surface area (Å²) >= 11 is 0. The molecule has 0 aromatic heterocycles. The third kappa shape index (κ3) is 73.1. The van der Waals surface area contributed by atoms with Gasteiger partial charge >= 0.3 is 23.9 Å². The van der Waals surface area contributed by atoms with Crippen molar-refractivity contribution in [2.45, 2.75) is 160 Å². The molecule has 0 atom stereocenters. The largest absolute Gasteiger partial charge is 0.481 e. The zero-order valence-corrected chi connectivity index (χ0v) is 30.9. The summed E-state index contributed by atoms with van der Waals surface area (Å²) < 4.78 is 0. The number of aliphatic carboxylic acids is 4. The molecule has 0 aliphatic heterocycles. The van der Waals surface area contributed by atoms with Crippen LogP contribution >= 0.6 is 0 Å². The molecule has 0 heterocycles. The Morgan fingerprint density at radius 3 is 0.561 bits per heavy atom. The molecule has 0 saturated carbocycles. The quantitative estimate of drug-likeness (QED) is 0.161.